The lowest BCUT2D eigenvalue weighted by molar-refractivity contribution is -0.137. The summed E-state index contributed by atoms with van der Waals surface area (Å²) in [5, 5.41) is 10.2. The van der Waals surface area contributed by atoms with Gasteiger partial charge in [-0.3, -0.25) is 4.57 Å². The molecule has 11 heteroatoms. The van der Waals surface area contributed by atoms with E-state index in [1.807, 2.05) is 38.1 Å². The van der Waals surface area contributed by atoms with Gasteiger partial charge in [0.25, 0.3) is 0 Å². The van der Waals surface area contributed by atoms with Crippen LogP contribution in [0.4, 0.5) is 13.2 Å². The Morgan fingerprint density at radius 1 is 0.864 bits per heavy atom. The van der Waals surface area contributed by atoms with Crippen molar-refractivity contribution in [2.75, 3.05) is 13.2 Å². The number of benzene rings is 3. The first kappa shape index (κ1) is 29.5. The molecule has 228 valence electrons. The van der Waals surface area contributed by atoms with E-state index in [1.54, 1.807) is 0 Å². The van der Waals surface area contributed by atoms with E-state index in [1.165, 1.54) is 5.56 Å². The molecule has 6 nitrogen and oxygen atoms in total. The van der Waals surface area contributed by atoms with E-state index >= 15 is 0 Å². The second-order valence-corrected chi connectivity index (χ2v) is 14.9. The summed E-state index contributed by atoms with van der Waals surface area (Å²) in [6.07, 6.45) is 2.57. The number of halogens is 3. The van der Waals surface area contributed by atoms with E-state index in [2.05, 4.69) is 0 Å². The summed E-state index contributed by atoms with van der Waals surface area (Å²) in [4.78, 5) is 0. The fraction of sp³-hybridized carbons (Fsp3) is 0.424. The van der Waals surface area contributed by atoms with Gasteiger partial charge in [-0.15, -0.1) is 0 Å². The van der Waals surface area contributed by atoms with E-state index in [0.717, 1.165) is 97.4 Å². The van der Waals surface area contributed by atoms with Gasteiger partial charge < -0.3 is 18.4 Å². The number of nitriles is 1. The Hall–Kier alpha value is -3.25. The highest BCUT2D eigenvalue weighted by molar-refractivity contribution is 7.62. The fourth-order valence-electron chi connectivity index (χ4n) is 6.78. The van der Waals surface area contributed by atoms with Crippen LogP contribution >= 0.6 is 7.60 Å². The molecule has 0 unspecified atom stereocenters. The molecule has 3 aromatic carbocycles. The molecular formula is C33H32BF3NO5P. The monoisotopic (exact) mass is 621 g/mol. The molecule has 0 N–H and O–H groups in total. The van der Waals surface area contributed by atoms with Crippen molar-refractivity contribution in [3.63, 3.8) is 0 Å². The molecule has 0 amide bonds. The van der Waals surface area contributed by atoms with Crippen molar-refractivity contribution in [2.45, 2.75) is 71.4 Å². The lowest BCUT2D eigenvalue weighted by Crippen LogP contribution is -2.45. The van der Waals surface area contributed by atoms with E-state index < -0.39 is 26.5 Å². The van der Waals surface area contributed by atoms with Gasteiger partial charge in [0.15, 0.2) is 0 Å². The molecule has 1 fully saturated rings. The highest BCUT2D eigenvalue weighted by atomic mass is 31.2. The van der Waals surface area contributed by atoms with Crippen LogP contribution < -0.4 is 20.1 Å². The maximum absolute atomic E-state index is 14.6. The van der Waals surface area contributed by atoms with E-state index in [-0.39, 0.29) is 40.7 Å². The smallest absolute Gasteiger partial charge is 0.521 e. The third-order valence-corrected chi connectivity index (χ3v) is 10.9. The molecule has 7 rings (SSSR count). The highest BCUT2D eigenvalue weighted by Crippen LogP contribution is 2.58. The number of nitrogens with zero attached hydrogens (tertiary/aromatic N) is 1. The first-order valence-corrected chi connectivity index (χ1v) is 16.7. The van der Waals surface area contributed by atoms with Crippen molar-refractivity contribution in [1.82, 2.24) is 0 Å². The van der Waals surface area contributed by atoms with Crippen molar-refractivity contribution < 1.29 is 36.1 Å². The average molecular weight is 621 g/mol. The van der Waals surface area contributed by atoms with Gasteiger partial charge >= 0.3 is 20.9 Å². The predicted molar refractivity (Wildman–Crippen MR) is 161 cm³/mol. The van der Waals surface area contributed by atoms with Gasteiger partial charge in [-0.1, -0.05) is 19.9 Å². The Morgan fingerprint density at radius 3 is 2.20 bits per heavy atom. The van der Waals surface area contributed by atoms with E-state index in [9.17, 15) is 23.0 Å². The summed E-state index contributed by atoms with van der Waals surface area (Å²) < 4.78 is 81.4. The van der Waals surface area contributed by atoms with Crippen LogP contribution in [-0.2, 0) is 45.5 Å². The van der Waals surface area contributed by atoms with Crippen molar-refractivity contribution in [3.8, 4) is 28.7 Å². The molecular weight excluding hydrogens is 589 g/mol. The second kappa shape index (κ2) is 10.7. The standard InChI is InChI=1S/C33H32BF3NO5P/c1-32(2)18-40-44(39,41-19-32)28-15-21-8-4-6-10-25(21)30-29-24-9-5-3-7-20(24)12-14-27(29)42-34(43-31(28)30)26-16-23(33(35,36)37)13-11-22(26)17-38/h11-16H,3-10,18-19H2,1-2H3. The molecule has 2 heterocycles. The molecule has 0 spiro atoms. The zero-order valence-electron chi connectivity index (χ0n) is 24.7. The number of aryl methyl sites for hydroxylation is 2. The fourth-order valence-corrected chi connectivity index (χ4v) is 8.90. The van der Waals surface area contributed by atoms with Crippen LogP contribution in [0.5, 0.6) is 11.5 Å². The molecule has 44 heavy (non-hydrogen) atoms. The van der Waals surface area contributed by atoms with Gasteiger partial charge in [-0.2, -0.15) is 18.4 Å². The van der Waals surface area contributed by atoms with Crippen molar-refractivity contribution >= 4 is 25.5 Å². The van der Waals surface area contributed by atoms with Gasteiger partial charge in [0.2, 0.25) is 0 Å². The van der Waals surface area contributed by atoms with Gasteiger partial charge in [0.1, 0.15) is 16.8 Å². The molecule has 3 aromatic rings. The van der Waals surface area contributed by atoms with Crippen LogP contribution in [0.1, 0.15) is 72.9 Å². The number of alkyl halides is 3. The van der Waals surface area contributed by atoms with Crippen molar-refractivity contribution in [1.29, 1.82) is 5.26 Å². The summed E-state index contributed by atoms with van der Waals surface area (Å²) in [5.41, 5.74) is 4.64. The lowest BCUT2D eigenvalue weighted by Gasteiger charge is -2.35. The topological polar surface area (TPSA) is 77.8 Å². The minimum atomic E-state index is -4.65. The molecule has 0 saturated carbocycles. The molecule has 2 aliphatic carbocycles. The van der Waals surface area contributed by atoms with Gasteiger partial charge in [-0.05, 0) is 104 Å². The van der Waals surface area contributed by atoms with Crippen LogP contribution in [0.15, 0.2) is 36.4 Å². The Labute approximate surface area is 255 Å². The van der Waals surface area contributed by atoms with Crippen LogP contribution in [0.2, 0.25) is 0 Å². The van der Waals surface area contributed by atoms with E-state index in [0.29, 0.717) is 5.75 Å². The zero-order chi connectivity index (χ0) is 30.9. The summed E-state index contributed by atoms with van der Waals surface area (Å²) >= 11 is 0. The van der Waals surface area contributed by atoms with E-state index in [4.69, 9.17) is 18.4 Å². The van der Waals surface area contributed by atoms with Crippen LogP contribution in [0.25, 0.3) is 11.1 Å². The second-order valence-electron chi connectivity index (χ2n) is 12.9. The minimum Gasteiger partial charge on any atom is -0.521 e. The Kier molecular flexibility index (Phi) is 7.16. The molecule has 0 atom stereocenters. The zero-order valence-corrected chi connectivity index (χ0v) is 25.6. The van der Waals surface area contributed by atoms with Crippen molar-refractivity contribution in [2.24, 2.45) is 5.41 Å². The summed E-state index contributed by atoms with van der Waals surface area (Å²) in [7, 11) is -5.34. The largest absolute Gasteiger partial charge is 0.634 e. The molecule has 0 radical (unpaired) electrons. The van der Waals surface area contributed by atoms with Crippen LogP contribution in [0.3, 0.4) is 0 Å². The first-order valence-electron chi connectivity index (χ1n) is 15.2. The normalized spacial score (nSPS) is 20.0. The van der Waals surface area contributed by atoms with Crippen LogP contribution in [0, 0.1) is 16.7 Å². The maximum atomic E-state index is 14.6. The summed E-state index contributed by atoms with van der Waals surface area (Å²) in [6.45, 7) is 4.33. The first-order chi connectivity index (χ1) is 21.0. The SMILES string of the molecule is CC1(C)COP(=O)(c2cc3c(c4c2OB(c2cc(C(F)(F)F)ccc2C#N)Oc2ccc5c(c2-4)CCCC5)CCCC3)OC1. The summed E-state index contributed by atoms with van der Waals surface area (Å²) in [5.74, 6) is 0.697. The Morgan fingerprint density at radius 2 is 1.52 bits per heavy atom. The number of hydrogen-bond donors (Lipinski definition) is 0. The predicted octanol–water partition coefficient (Wildman–Crippen LogP) is 7.06. The third-order valence-electron chi connectivity index (χ3n) is 9.09. The molecule has 0 aromatic heterocycles. The summed E-state index contributed by atoms with van der Waals surface area (Å²) in [6, 6.07) is 10.6. The molecule has 0 bridgehead atoms. The number of fused-ring (bicyclic) bond motifs is 7. The lowest BCUT2D eigenvalue weighted by atomic mass is 9.75. The maximum Gasteiger partial charge on any atom is 0.634 e. The number of hydrogen-bond acceptors (Lipinski definition) is 6. The Balaban J connectivity index is 1.52. The molecule has 4 aliphatic rings. The number of rotatable bonds is 2. The quantitative estimate of drug-likeness (QED) is 0.225. The third kappa shape index (κ3) is 5.03. The Bertz CT molecular complexity index is 1750. The van der Waals surface area contributed by atoms with Crippen LogP contribution in [-0.4, -0.2) is 20.3 Å². The highest BCUT2D eigenvalue weighted by Gasteiger charge is 2.46. The average Bonchev–Trinajstić information content (AvgIpc) is 3.19. The molecule has 1 saturated heterocycles. The molecule has 2 aliphatic heterocycles. The van der Waals surface area contributed by atoms with Gasteiger partial charge in [-0.25, -0.2) is 0 Å². The van der Waals surface area contributed by atoms with Gasteiger partial charge in [0.05, 0.1) is 30.4 Å². The van der Waals surface area contributed by atoms with Gasteiger partial charge in [0, 0.05) is 22.0 Å². The minimum absolute atomic E-state index is 0.0102. The van der Waals surface area contributed by atoms with Crippen molar-refractivity contribution in [3.05, 3.63) is 69.8 Å².